The molecule has 0 heterocycles. The number of hydrogen-bond donors (Lipinski definition) is 1. The number of thiol groups is 1. The lowest BCUT2D eigenvalue weighted by atomic mass is 10.1. The van der Waals surface area contributed by atoms with E-state index in [2.05, 4.69) is 93.8 Å². The van der Waals surface area contributed by atoms with Crippen LogP contribution in [0.5, 0.6) is 0 Å². The number of nitrogens with zero attached hydrogens (tertiary/aromatic N) is 1. The van der Waals surface area contributed by atoms with E-state index < -0.39 is 0 Å². The summed E-state index contributed by atoms with van der Waals surface area (Å²) in [6.45, 7) is 10.1. The van der Waals surface area contributed by atoms with E-state index in [1.165, 1.54) is 28.0 Å². The van der Waals surface area contributed by atoms with E-state index >= 15 is 0 Å². The second-order valence-electron chi connectivity index (χ2n) is 7.14. The Labute approximate surface area is 180 Å². The molecule has 0 aromatic heterocycles. The molecule has 0 aliphatic rings. The van der Waals surface area contributed by atoms with Gasteiger partial charge in [0.2, 0.25) is 0 Å². The first kappa shape index (κ1) is 22.4. The highest BCUT2D eigenvalue weighted by atomic mass is 35.5. The van der Waals surface area contributed by atoms with Crippen molar-refractivity contribution in [3.63, 3.8) is 0 Å². The van der Waals surface area contributed by atoms with Gasteiger partial charge in [-0.15, -0.1) is 12.6 Å². The second-order valence-corrected chi connectivity index (χ2v) is 8.06. The smallest absolute Gasteiger partial charge is 0.0438 e. The highest BCUT2D eigenvalue weighted by Gasteiger charge is 2.10. The van der Waals surface area contributed by atoms with Crippen molar-refractivity contribution in [2.75, 3.05) is 11.4 Å². The van der Waals surface area contributed by atoms with Gasteiger partial charge in [0, 0.05) is 28.7 Å². The maximum atomic E-state index is 6.32. The summed E-state index contributed by atoms with van der Waals surface area (Å²) in [5, 5.41) is 0.843. The van der Waals surface area contributed by atoms with Gasteiger partial charge in [-0.05, 0) is 74.2 Å². The minimum Gasteiger partial charge on any atom is -0.363 e. The zero-order chi connectivity index (χ0) is 20.5. The van der Waals surface area contributed by atoms with Crippen LogP contribution < -0.4 is 4.90 Å². The van der Waals surface area contributed by atoms with Crippen LogP contribution in [0.3, 0.4) is 0 Å². The van der Waals surface area contributed by atoms with Crippen LogP contribution in [0.1, 0.15) is 38.8 Å². The van der Waals surface area contributed by atoms with Gasteiger partial charge in [-0.1, -0.05) is 60.5 Å². The van der Waals surface area contributed by atoms with E-state index in [1.54, 1.807) is 0 Å². The molecule has 0 bridgehead atoms. The van der Waals surface area contributed by atoms with Gasteiger partial charge in [-0.3, -0.25) is 0 Å². The van der Waals surface area contributed by atoms with Crippen molar-refractivity contribution in [3.8, 4) is 0 Å². The van der Waals surface area contributed by atoms with E-state index in [9.17, 15) is 0 Å². The van der Waals surface area contributed by atoms with Gasteiger partial charge in [-0.25, -0.2) is 0 Å². The molecular formula is C25H30ClNS. The summed E-state index contributed by atoms with van der Waals surface area (Å²) in [7, 11) is 0. The minimum atomic E-state index is 0.819. The third-order valence-corrected chi connectivity index (χ3v) is 5.13. The lowest BCUT2D eigenvalue weighted by Crippen LogP contribution is -2.25. The summed E-state index contributed by atoms with van der Waals surface area (Å²) < 4.78 is 0. The van der Waals surface area contributed by atoms with E-state index in [0.717, 1.165) is 29.4 Å². The van der Waals surface area contributed by atoms with Gasteiger partial charge in [-0.2, -0.15) is 0 Å². The molecule has 0 unspecified atom stereocenters. The monoisotopic (exact) mass is 411 g/mol. The van der Waals surface area contributed by atoms with E-state index in [1.807, 2.05) is 18.2 Å². The predicted octanol–water partition coefficient (Wildman–Crippen LogP) is 7.67. The number of rotatable bonds is 8. The Morgan fingerprint density at radius 3 is 2.39 bits per heavy atom. The molecule has 0 amide bonds. The van der Waals surface area contributed by atoms with Crippen LogP contribution in [0.4, 0.5) is 5.69 Å². The maximum Gasteiger partial charge on any atom is 0.0438 e. The van der Waals surface area contributed by atoms with Crippen LogP contribution in [0.15, 0.2) is 82.8 Å². The predicted molar refractivity (Wildman–Crippen MR) is 128 cm³/mol. The summed E-state index contributed by atoms with van der Waals surface area (Å²) in [5.41, 5.74) is 6.19. The Morgan fingerprint density at radius 1 is 1.07 bits per heavy atom. The number of halogens is 1. The lowest BCUT2D eigenvalue weighted by Gasteiger charge is -2.26. The van der Waals surface area contributed by atoms with E-state index in [4.69, 9.17) is 11.6 Å². The number of benzene rings is 2. The average Bonchev–Trinajstić information content (AvgIpc) is 2.67. The molecule has 2 rings (SSSR count). The Balaban J connectivity index is 2.37. The molecule has 0 saturated carbocycles. The lowest BCUT2D eigenvalue weighted by molar-refractivity contribution is 0.850. The van der Waals surface area contributed by atoms with Crippen molar-refractivity contribution in [1.29, 1.82) is 0 Å². The SMILES string of the molecule is C/C=C/C(=C\C=C(C)C)CN(Cc1ccc(Cl)c(CC)c1)c1ccc(S)cc1. The third-order valence-electron chi connectivity index (χ3n) is 4.46. The van der Waals surface area contributed by atoms with Gasteiger partial charge >= 0.3 is 0 Å². The molecule has 0 saturated heterocycles. The van der Waals surface area contributed by atoms with Crippen molar-refractivity contribution in [1.82, 2.24) is 0 Å². The van der Waals surface area contributed by atoms with Crippen LogP contribution in [0.2, 0.25) is 5.02 Å². The zero-order valence-electron chi connectivity index (χ0n) is 17.2. The Hall–Kier alpha value is -1.90. The standard InChI is InChI=1S/C25H30ClNS/c1-5-7-20(9-8-19(3)4)17-27(23-11-13-24(28)14-12-23)18-21-10-15-25(26)22(6-2)16-21/h5,7-16,28H,6,17-18H2,1-4H3/b7-5+,20-9+. The first-order valence-corrected chi connectivity index (χ1v) is 10.5. The summed E-state index contributed by atoms with van der Waals surface area (Å²) in [4.78, 5) is 3.36. The van der Waals surface area contributed by atoms with Gasteiger partial charge in [0.25, 0.3) is 0 Å². The molecule has 0 fully saturated rings. The summed E-state index contributed by atoms with van der Waals surface area (Å²) >= 11 is 10.7. The third kappa shape index (κ3) is 6.92. The van der Waals surface area contributed by atoms with Crippen molar-refractivity contribution < 1.29 is 0 Å². The van der Waals surface area contributed by atoms with Crippen molar-refractivity contribution in [2.24, 2.45) is 0 Å². The van der Waals surface area contributed by atoms with E-state index in [-0.39, 0.29) is 0 Å². The zero-order valence-corrected chi connectivity index (χ0v) is 18.9. The molecule has 1 nitrogen and oxygen atoms in total. The summed E-state index contributed by atoms with van der Waals surface area (Å²) in [5.74, 6) is 0. The topological polar surface area (TPSA) is 3.24 Å². The van der Waals surface area contributed by atoms with Crippen LogP contribution in [-0.4, -0.2) is 6.54 Å². The Morgan fingerprint density at radius 2 is 1.79 bits per heavy atom. The molecule has 2 aromatic rings. The van der Waals surface area contributed by atoms with Crippen molar-refractivity contribution >= 4 is 29.9 Å². The number of hydrogen-bond acceptors (Lipinski definition) is 2. The first-order chi connectivity index (χ1) is 13.4. The second kappa shape index (κ2) is 11.2. The normalized spacial score (nSPS) is 11.7. The molecule has 148 valence electrons. The molecule has 0 radical (unpaired) electrons. The van der Waals surface area contributed by atoms with Crippen molar-refractivity contribution in [3.05, 3.63) is 94.1 Å². The number of aryl methyl sites for hydroxylation is 1. The van der Waals surface area contributed by atoms with Crippen LogP contribution in [0.25, 0.3) is 0 Å². The molecule has 0 N–H and O–H groups in total. The van der Waals surface area contributed by atoms with E-state index in [0.29, 0.717) is 0 Å². The highest BCUT2D eigenvalue weighted by molar-refractivity contribution is 7.80. The largest absolute Gasteiger partial charge is 0.363 e. The number of anilines is 1. The van der Waals surface area contributed by atoms with Gasteiger partial charge in [0.15, 0.2) is 0 Å². The van der Waals surface area contributed by atoms with Crippen LogP contribution >= 0.6 is 24.2 Å². The molecule has 0 atom stereocenters. The van der Waals surface area contributed by atoms with Gasteiger partial charge in [0.1, 0.15) is 0 Å². The fourth-order valence-corrected chi connectivity index (χ4v) is 3.39. The van der Waals surface area contributed by atoms with Crippen LogP contribution in [0, 0.1) is 0 Å². The molecule has 2 aromatic carbocycles. The summed E-state index contributed by atoms with van der Waals surface area (Å²) in [6.07, 6.45) is 9.58. The van der Waals surface area contributed by atoms with Crippen LogP contribution in [-0.2, 0) is 13.0 Å². The minimum absolute atomic E-state index is 0.819. The fraction of sp³-hybridized carbons (Fsp3) is 0.280. The molecule has 0 spiro atoms. The summed E-state index contributed by atoms with van der Waals surface area (Å²) in [6, 6.07) is 14.7. The molecule has 28 heavy (non-hydrogen) atoms. The van der Waals surface area contributed by atoms with Crippen molar-refractivity contribution in [2.45, 2.75) is 45.6 Å². The number of allylic oxidation sites excluding steroid dienone is 4. The first-order valence-electron chi connectivity index (χ1n) is 9.71. The maximum absolute atomic E-state index is 6.32. The fourth-order valence-electron chi connectivity index (χ4n) is 2.99. The molecule has 0 aliphatic carbocycles. The average molecular weight is 412 g/mol. The molecule has 0 aliphatic heterocycles. The quantitative estimate of drug-likeness (QED) is 0.344. The van der Waals surface area contributed by atoms with Gasteiger partial charge < -0.3 is 4.90 Å². The Kier molecular flexibility index (Phi) is 8.95. The van der Waals surface area contributed by atoms with Gasteiger partial charge in [0.05, 0.1) is 0 Å². The highest BCUT2D eigenvalue weighted by Crippen LogP contribution is 2.24. The molecular weight excluding hydrogens is 382 g/mol. The Bertz CT molecular complexity index is 859. The molecule has 3 heteroatoms.